The molecule has 0 bridgehead atoms. The molecule has 0 radical (unpaired) electrons. The van der Waals surface area contributed by atoms with Crippen LogP contribution in [0.15, 0.2) is 0 Å². The van der Waals surface area contributed by atoms with Gasteiger partial charge in [0.05, 0.1) is 0 Å². The Bertz CT molecular complexity index is 148. The minimum Gasteiger partial charge on any atom is -0.329 e. The van der Waals surface area contributed by atoms with E-state index in [-0.39, 0.29) is 0 Å². The zero-order valence-electron chi connectivity index (χ0n) is 12.3. The van der Waals surface area contributed by atoms with E-state index in [1.807, 2.05) is 0 Å². The summed E-state index contributed by atoms with van der Waals surface area (Å²) in [5.74, 6) is 0. The Kier molecular flexibility index (Phi) is 12.3. The molecule has 104 valence electrons. The highest BCUT2D eigenvalue weighted by Crippen LogP contribution is 2.10. The fourth-order valence-electron chi connectivity index (χ4n) is 2.14. The molecule has 2 unspecified atom stereocenters. The molecule has 0 amide bonds. The van der Waals surface area contributed by atoms with Crippen molar-refractivity contribution >= 4 is 0 Å². The van der Waals surface area contributed by atoms with Crippen molar-refractivity contribution in [2.75, 3.05) is 6.54 Å². The highest BCUT2D eigenvalue weighted by Gasteiger charge is 2.08. The molecule has 0 saturated heterocycles. The molecule has 0 aliphatic heterocycles. The van der Waals surface area contributed by atoms with Crippen LogP contribution < -0.4 is 11.1 Å². The summed E-state index contributed by atoms with van der Waals surface area (Å²) in [7, 11) is 0. The maximum Gasteiger partial charge on any atom is 0.0192 e. The second-order valence-electron chi connectivity index (χ2n) is 5.32. The Labute approximate surface area is 109 Å². The Hall–Kier alpha value is -0.0800. The van der Waals surface area contributed by atoms with Crippen LogP contribution in [0.25, 0.3) is 0 Å². The summed E-state index contributed by atoms with van der Waals surface area (Å²) in [4.78, 5) is 0. The van der Waals surface area contributed by atoms with E-state index in [0.29, 0.717) is 12.1 Å². The van der Waals surface area contributed by atoms with E-state index >= 15 is 0 Å². The lowest BCUT2D eigenvalue weighted by molar-refractivity contribution is 0.406. The van der Waals surface area contributed by atoms with Crippen LogP contribution in [-0.4, -0.2) is 18.6 Å². The van der Waals surface area contributed by atoms with Gasteiger partial charge in [-0.2, -0.15) is 0 Å². The van der Waals surface area contributed by atoms with E-state index in [4.69, 9.17) is 5.73 Å². The normalized spacial score (nSPS) is 14.8. The number of hydrogen-bond acceptors (Lipinski definition) is 2. The monoisotopic (exact) mass is 242 g/mol. The van der Waals surface area contributed by atoms with Crippen LogP contribution in [0, 0.1) is 0 Å². The lowest BCUT2D eigenvalue weighted by atomic mass is 10.0. The first kappa shape index (κ1) is 16.9. The molecule has 0 saturated carbocycles. The highest BCUT2D eigenvalue weighted by molar-refractivity contribution is 4.71. The quantitative estimate of drug-likeness (QED) is 0.510. The minimum atomic E-state index is 0.528. The van der Waals surface area contributed by atoms with Crippen LogP contribution in [-0.2, 0) is 0 Å². The Morgan fingerprint density at radius 3 is 2.06 bits per heavy atom. The predicted octanol–water partition coefficient (Wildman–Crippen LogP) is 3.84. The van der Waals surface area contributed by atoms with E-state index < -0.39 is 0 Å². The van der Waals surface area contributed by atoms with Gasteiger partial charge >= 0.3 is 0 Å². The van der Waals surface area contributed by atoms with E-state index in [9.17, 15) is 0 Å². The first-order valence-corrected chi connectivity index (χ1v) is 7.70. The molecule has 0 aromatic rings. The SMILES string of the molecule is CCCCCCCCCC(CN)NC(C)CC. The van der Waals surface area contributed by atoms with E-state index in [2.05, 4.69) is 26.1 Å². The van der Waals surface area contributed by atoms with Crippen LogP contribution in [0.2, 0.25) is 0 Å². The molecule has 0 fully saturated rings. The third kappa shape index (κ3) is 10.8. The fourth-order valence-corrected chi connectivity index (χ4v) is 2.14. The summed E-state index contributed by atoms with van der Waals surface area (Å²) in [5.41, 5.74) is 5.79. The fraction of sp³-hybridized carbons (Fsp3) is 1.00. The molecule has 0 heterocycles. The minimum absolute atomic E-state index is 0.528. The summed E-state index contributed by atoms with van der Waals surface area (Å²) in [6.07, 6.45) is 12.1. The molecule has 2 nitrogen and oxygen atoms in total. The van der Waals surface area contributed by atoms with Gasteiger partial charge in [0.25, 0.3) is 0 Å². The maximum atomic E-state index is 5.79. The lowest BCUT2D eigenvalue weighted by Gasteiger charge is -2.21. The van der Waals surface area contributed by atoms with E-state index in [0.717, 1.165) is 6.54 Å². The molecule has 0 aliphatic rings. The van der Waals surface area contributed by atoms with Gasteiger partial charge in [-0.25, -0.2) is 0 Å². The molecule has 0 rings (SSSR count). The van der Waals surface area contributed by atoms with Gasteiger partial charge in [-0.15, -0.1) is 0 Å². The van der Waals surface area contributed by atoms with Gasteiger partial charge in [-0.3, -0.25) is 0 Å². The molecule has 2 heteroatoms. The maximum absolute atomic E-state index is 5.79. The van der Waals surface area contributed by atoms with Gasteiger partial charge in [-0.1, -0.05) is 58.8 Å². The van der Waals surface area contributed by atoms with Crippen LogP contribution in [0.5, 0.6) is 0 Å². The Morgan fingerprint density at radius 1 is 0.941 bits per heavy atom. The smallest absolute Gasteiger partial charge is 0.0192 e. The largest absolute Gasteiger partial charge is 0.329 e. The molecule has 0 spiro atoms. The summed E-state index contributed by atoms with van der Waals surface area (Å²) in [6, 6.07) is 1.13. The standard InChI is InChI=1S/C15H34N2/c1-4-6-7-8-9-10-11-12-15(13-16)17-14(3)5-2/h14-15,17H,4-13,16H2,1-3H3. The summed E-state index contributed by atoms with van der Waals surface area (Å²) in [6.45, 7) is 7.51. The van der Waals surface area contributed by atoms with Crippen LogP contribution in [0.3, 0.4) is 0 Å². The first-order chi connectivity index (χ1) is 8.24. The average Bonchev–Trinajstić information content (AvgIpc) is 2.35. The number of unbranched alkanes of at least 4 members (excludes halogenated alkanes) is 6. The molecule has 2 atom stereocenters. The lowest BCUT2D eigenvalue weighted by Crippen LogP contribution is -2.41. The van der Waals surface area contributed by atoms with Crippen molar-refractivity contribution in [1.82, 2.24) is 5.32 Å². The molecule has 0 aliphatic carbocycles. The van der Waals surface area contributed by atoms with Crippen molar-refractivity contribution in [2.45, 2.75) is 90.6 Å². The Balaban J connectivity index is 3.37. The summed E-state index contributed by atoms with van der Waals surface area (Å²) >= 11 is 0. The van der Waals surface area contributed by atoms with Crippen molar-refractivity contribution in [3.63, 3.8) is 0 Å². The Morgan fingerprint density at radius 2 is 1.53 bits per heavy atom. The molecule has 0 aromatic carbocycles. The van der Waals surface area contributed by atoms with Gasteiger partial charge in [0.1, 0.15) is 0 Å². The van der Waals surface area contributed by atoms with Crippen molar-refractivity contribution < 1.29 is 0 Å². The van der Waals surface area contributed by atoms with Crippen molar-refractivity contribution in [2.24, 2.45) is 5.73 Å². The van der Waals surface area contributed by atoms with Crippen LogP contribution >= 0.6 is 0 Å². The number of nitrogens with two attached hydrogens (primary N) is 1. The highest BCUT2D eigenvalue weighted by atomic mass is 15.0. The van der Waals surface area contributed by atoms with Gasteiger partial charge in [-0.05, 0) is 19.8 Å². The van der Waals surface area contributed by atoms with Gasteiger partial charge in [0, 0.05) is 18.6 Å². The van der Waals surface area contributed by atoms with Crippen molar-refractivity contribution in [3.8, 4) is 0 Å². The van der Waals surface area contributed by atoms with E-state index in [1.165, 1.54) is 57.8 Å². The second kappa shape index (κ2) is 12.4. The molecule has 0 aromatic heterocycles. The topological polar surface area (TPSA) is 38.0 Å². The zero-order valence-corrected chi connectivity index (χ0v) is 12.3. The van der Waals surface area contributed by atoms with Gasteiger partial charge in [0.15, 0.2) is 0 Å². The molecular formula is C15H34N2. The third-order valence-electron chi connectivity index (χ3n) is 3.57. The van der Waals surface area contributed by atoms with Gasteiger partial charge in [0.2, 0.25) is 0 Å². The summed E-state index contributed by atoms with van der Waals surface area (Å²) < 4.78 is 0. The van der Waals surface area contributed by atoms with Crippen molar-refractivity contribution in [3.05, 3.63) is 0 Å². The average molecular weight is 242 g/mol. The predicted molar refractivity (Wildman–Crippen MR) is 78.3 cm³/mol. The zero-order chi connectivity index (χ0) is 12.9. The van der Waals surface area contributed by atoms with Crippen molar-refractivity contribution in [1.29, 1.82) is 0 Å². The molecular weight excluding hydrogens is 208 g/mol. The third-order valence-corrected chi connectivity index (χ3v) is 3.57. The van der Waals surface area contributed by atoms with Crippen LogP contribution in [0.1, 0.15) is 78.6 Å². The number of rotatable bonds is 12. The number of nitrogens with one attached hydrogen (secondary N) is 1. The second-order valence-corrected chi connectivity index (χ2v) is 5.32. The van der Waals surface area contributed by atoms with Gasteiger partial charge < -0.3 is 11.1 Å². The molecule has 3 N–H and O–H groups in total. The summed E-state index contributed by atoms with van der Waals surface area (Å²) in [5, 5.41) is 3.60. The van der Waals surface area contributed by atoms with E-state index in [1.54, 1.807) is 0 Å². The molecule has 17 heavy (non-hydrogen) atoms. The number of hydrogen-bond donors (Lipinski definition) is 2. The van der Waals surface area contributed by atoms with Crippen LogP contribution in [0.4, 0.5) is 0 Å². The first-order valence-electron chi connectivity index (χ1n) is 7.70.